The van der Waals surface area contributed by atoms with Crippen molar-refractivity contribution < 1.29 is 4.39 Å². The SMILES string of the molecule is C=C(C1=CN(C)CC=C1)N(CC)c1cccc(C=S)c1F. The Morgan fingerprint density at radius 2 is 2.29 bits per heavy atom. The summed E-state index contributed by atoms with van der Waals surface area (Å²) in [4.78, 5) is 3.94. The van der Waals surface area contributed by atoms with Crippen molar-refractivity contribution in [3.63, 3.8) is 0 Å². The number of benzene rings is 1. The van der Waals surface area contributed by atoms with Gasteiger partial charge in [0, 0.05) is 48.5 Å². The standard InChI is InChI=1S/C17H19FN2S/c1-4-20(13(2)14-8-6-10-19(3)11-14)16-9-5-7-15(12-21)17(16)18/h5-9,11-12H,2,4,10H2,1,3H3. The molecule has 0 unspecified atom stereocenters. The summed E-state index contributed by atoms with van der Waals surface area (Å²) in [5, 5.41) is 1.36. The van der Waals surface area contributed by atoms with Crippen LogP contribution in [0.15, 0.2) is 54.4 Å². The molecule has 0 N–H and O–H groups in total. The van der Waals surface area contributed by atoms with Crippen LogP contribution in [0.2, 0.25) is 0 Å². The van der Waals surface area contributed by atoms with Gasteiger partial charge in [-0.1, -0.05) is 43.1 Å². The number of likely N-dealkylation sites (N-methyl/N-ethyl adjacent to an activating group) is 2. The van der Waals surface area contributed by atoms with Crippen molar-refractivity contribution >= 4 is 23.3 Å². The first kappa shape index (κ1) is 15.4. The van der Waals surface area contributed by atoms with E-state index in [2.05, 4.69) is 17.6 Å². The van der Waals surface area contributed by atoms with E-state index in [1.165, 1.54) is 5.37 Å². The molecule has 0 fully saturated rings. The first-order valence-corrected chi connectivity index (χ1v) is 7.34. The van der Waals surface area contributed by atoms with Crippen molar-refractivity contribution in [3.05, 3.63) is 65.8 Å². The molecule has 0 radical (unpaired) electrons. The van der Waals surface area contributed by atoms with Crippen molar-refractivity contribution in [3.8, 4) is 0 Å². The summed E-state index contributed by atoms with van der Waals surface area (Å²) >= 11 is 4.86. The van der Waals surface area contributed by atoms with Crippen LogP contribution in [-0.2, 0) is 0 Å². The van der Waals surface area contributed by atoms with E-state index in [4.69, 9.17) is 12.2 Å². The molecule has 2 rings (SSSR count). The smallest absolute Gasteiger partial charge is 0.154 e. The second-order valence-electron chi connectivity index (χ2n) is 4.92. The third-order valence-electron chi connectivity index (χ3n) is 3.45. The molecule has 21 heavy (non-hydrogen) atoms. The minimum absolute atomic E-state index is 0.302. The Morgan fingerprint density at radius 1 is 1.52 bits per heavy atom. The van der Waals surface area contributed by atoms with Crippen molar-refractivity contribution in [2.75, 3.05) is 25.0 Å². The number of anilines is 1. The molecule has 0 aliphatic carbocycles. The molecular weight excluding hydrogens is 283 g/mol. The molecule has 1 aliphatic rings. The first-order valence-electron chi connectivity index (χ1n) is 6.87. The van der Waals surface area contributed by atoms with E-state index < -0.39 is 0 Å². The number of rotatable bonds is 5. The number of thiocarbonyl (C=S) groups is 1. The minimum Gasteiger partial charge on any atom is -0.376 e. The van der Waals surface area contributed by atoms with Crippen LogP contribution in [0.1, 0.15) is 12.5 Å². The lowest BCUT2D eigenvalue weighted by Crippen LogP contribution is -2.25. The highest BCUT2D eigenvalue weighted by Gasteiger charge is 2.17. The van der Waals surface area contributed by atoms with Crippen LogP contribution in [0.3, 0.4) is 0 Å². The fraction of sp³-hybridized carbons (Fsp3) is 0.235. The maximum atomic E-state index is 14.5. The van der Waals surface area contributed by atoms with Gasteiger partial charge in [0.25, 0.3) is 0 Å². The average molecular weight is 302 g/mol. The van der Waals surface area contributed by atoms with Crippen LogP contribution >= 0.6 is 12.2 Å². The molecule has 110 valence electrons. The van der Waals surface area contributed by atoms with Gasteiger partial charge in [-0.15, -0.1) is 0 Å². The fourth-order valence-electron chi connectivity index (χ4n) is 2.35. The second-order valence-corrected chi connectivity index (χ2v) is 5.15. The minimum atomic E-state index is -0.302. The van der Waals surface area contributed by atoms with Gasteiger partial charge in [0.2, 0.25) is 0 Å². The number of allylic oxidation sites excluding steroid dienone is 1. The van der Waals surface area contributed by atoms with Gasteiger partial charge in [0.15, 0.2) is 5.82 Å². The molecular formula is C17H19FN2S. The molecule has 0 spiro atoms. The van der Waals surface area contributed by atoms with Gasteiger partial charge in [-0.2, -0.15) is 0 Å². The average Bonchev–Trinajstić information content (AvgIpc) is 2.49. The van der Waals surface area contributed by atoms with Crippen molar-refractivity contribution in [2.24, 2.45) is 0 Å². The topological polar surface area (TPSA) is 6.48 Å². The number of halogens is 1. The van der Waals surface area contributed by atoms with E-state index in [0.717, 1.165) is 17.8 Å². The van der Waals surface area contributed by atoms with Crippen LogP contribution in [0.4, 0.5) is 10.1 Å². The fourth-order valence-corrected chi connectivity index (χ4v) is 2.53. The van der Waals surface area contributed by atoms with Gasteiger partial charge in [0.05, 0.1) is 5.69 Å². The van der Waals surface area contributed by atoms with Crippen LogP contribution < -0.4 is 4.90 Å². The molecule has 1 aromatic carbocycles. The summed E-state index contributed by atoms with van der Waals surface area (Å²) in [5.74, 6) is -0.302. The predicted octanol–water partition coefficient (Wildman–Crippen LogP) is 3.90. The monoisotopic (exact) mass is 302 g/mol. The quantitative estimate of drug-likeness (QED) is 0.762. The Balaban J connectivity index is 2.38. The maximum Gasteiger partial charge on any atom is 0.154 e. The predicted molar refractivity (Wildman–Crippen MR) is 91.2 cm³/mol. The van der Waals surface area contributed by atoms with E-state index in [1.807, 2.05) is 37.2 Å². The van der Waals surface area contributed by atoms with E-state index in [-0.39, 0.29) is 5.82 Å². The van der Waals surface area contributed by atoms with Gasteiger partial charge in [0.1, 0.15) is 0 Å². The highest BCUT2D eigenvalue weighted by atomic mass is 32.1. The largest absolute Gasteiger partial charge is 0.376 e. The van der Waals surface area contributed by atoms with Crippen molar-refractivity contribution in [1.29, 1.82) is 0 Å². The van der Waals surface area contributed by atoms with E-state index >= 15 is 0 Å². The summed E-state index contributed by atoms with van der Waals surface area (Å²) in [6.45, 7) is 7.61. The van der Waals surface area contributed by atoms with Crippen LogP contribution in [0.25, 0.3) is 0 Å². The molecule has 0 aromatic heterocycles. The molecule has 0 saturated heterocycles. The molecule has 4 heteroatoms. The van der Waals surface area contributed by atoms with Gasteiger partial charge < -0.3 is 9.80 Å². The summed E-state index contributed by atoms with van der Waals surface area (Å²) < 4.78 is 14.5. The molecule has 0 bridgehead atoms. The zero-order valence-electron chi connectivity index (χ0n) is 12.3. The van der Waals surface area contributed by atoms with Gasteiger partial charge in [-0.3, -0.25) is 0 Å². The lowest BCUT2D eigenvalue weighted by Gasteiger charge is -2.29. The first-order chi connectivity index (χ1) is 10.1. The Kier molecular flexibility index (Phi) is 4.91. The van der Waals surface area contributed by atoms with Crippen LogP contribution in [-0.4, -0.2) is 30.4 Å². The third-order valence-corrected chi connectivity index (χ3v) is 3.71. The van der Waals surface area contributed by atoms with Crippen molar-refractivity contribution in [2.45, 2.75) is 6.92 Å². The van der Waals surface area contributed by atoms with Gasteiger partial charge >= 0.3 is 0 Å². The molecule has 1 aromatic rings. The zero-order valence-corrected chi connectivity index (χ0v) is 13.2. The van der Waals surface area contributed by atoms with E-state index in [0.29, 0.717) is 17.8 Å². The lowest BCUT2D eigenvalue weighted by atomic mass is 10.1. The molecule has 1 heterocycles. The maximum absolute atomic E-state index is 14.5. The van der Waals surface area contributed by atoms with Gasteiger partial charge in [-0.25, -0.2) is 4.39 Å². The second kappa shape index (κ2) is 6.68. The third kappa shape index (κ3) is 3.22. The normalized spacial score (nSPS) is 13.9. The molecule has 0 saturated carbocycles. The summed E-state index contributed by atoms with van der Waals surface area (Å²) in [5.41, 5.74) is 2.70. The molecule has 2 nitrogen and oxygen atoms in total. The van der Waals surface area contributed by atoms with Crippen LogP contribution in [0.5, 0.6) is 0 Å². The molecule has 1 aliphatic heterocycles. The zero-order chi connectivity index (χ0) is 15.4. The van der Waals surface area contributed by atoms with E-state index in [9.17, 15) is 4.39 Å². The van der Waals surface area contributed by atoms with Crippen molar-refractivity contribution in [1.82, 2.24) is 4.90 Å². The molecule has 0 amide bonds. The Bertz CT molecular complexity index is 619. The lowest BCUT2D eigenvalue weighted by molar-refractivity contribution is 0.500. The number of nitrogens with zero attached hydrogens (tertiary/aromatic N) is 2. The summed E-state index contributed by atoms with van der Waals surface area (Å²) in [6, 6.07) is 5.24. The Morgan fingerprint density at radius 3 is 2.90 bits per heavy atom. The van der Waals surface area contributed by atoms with E-state index in [1.54, 1.807) is 12.1 Å². The van der Waals surface area contributed by atoms with Gasteiger partial charge in [-0.05, 0) is 13.0 Å². The number of hydrogen-bond acceptors (Lipinski definition) is 3. The number of hydrogen-bond donors (Lipinski definition) is 0. The Labute approximate surface area is 130 Å². The molecule has 0 atom stereocenters. The Hall–Kier alpha value is -1.94. The summed E-state index contributed by atoms with van der Waals surface area (Å²) in [6.07, 6.45) is 6.11. The summed E-state index contributed by atoms with van der Waals surface area (Å²) in [7, 11) is 2.00. The highest BCUT2D eigenvalue weighted by Crippen LogP contribution is 2.28. The van der Waals surface area contributed by atoms with Crippen LogP contribution in [0, 0.1) is 5.82 Å². The highest BCUT2D eigenvalue weighted by molar-refractivity contribution is 7.79.